The molecule has 0 unspecified atom stereocenters. The summed E-state index contributed by atoms with van der Waals surface area (Å²) in [6.45, 7) is 0. The number of fused-ring (bicyclic) bond motifs is 1. The van der Waals surface area contributed by atoms with Gasteiger partial charge in [0.25, 0.3) is 21.8 Å². The van der Waals surface area contributed by atoms with Crippen LogP contribution in [0.25, 0.3) is 0 Å². The first-order chi connectivity index (χ1) is 10.4. The van der Waals surface area contributed by atoms with Gasteiger partial charge in [0.1, 0.15) is 4.90 Å². The first-order valence-corrected chi connectivity index (χ1v) is 8.01. The number of benzene rings is 2. The van der Waals surface area contributed by atoms with Gasteiger partial charge in [-0.1, -0.05) is 11.6 Å². The van der Waals surface area contributed by atoms with Crippen molar-refractivity contribution in [3.63, 3.8) is 0 Å². The minimum absolute atomic E-state index is 0.0597. The van der Waals surface area contributed by atoms with Crippen LogP contribution in [0.2, 0.25) is 5.02 Å². The predicted octanol–water partition coefficient (Wildman–Crippen LogP) is 2.02. The van der Waals surface area contributed by atoms with Gasteiger partial charge in [-0.05, 0) is 42.5 Å². The SMILES string of the molecule is O=C(Nc1ccc2c(c1)S(=O)(=O)NC2=O)c1ccc(Cl)cc1. The molecule has 0 fully saturated rings. The molecule has 0 radical (unpaired) electrons. The number of hydrogen-bond acceptors (Lipinski definition) is 4. The Morgan fingerprint density at radius 1 is 1.09 bits per heavy atom. The van der Waals surface area contributed by atoms with Gasteiger partial charge in [-0.25, -0.2) is 13.1 Å². The Morgan fingerprint density at radius 2 is 1.77 bits per heavy atom. The molecular weight excluding hydrogens is 328 g/mol. The fourth-order valence-corrected chi connectivity index (χ4v) is 3.37. The topological polar surface area (TPSA) is 92.3 Å². The lowest BCUT2D eigenvalue weighted by Crippen LogP contribution is -2.20. The molecule has 2 N–H and O–H groups in total. The molecule has 1 heterocycles. The number of anilines is 1. The third kappa shape index (κ3) is 2.56. The summed E-state index contributed by atoms with van der Waals surface area (Å²) in [5, 5.41) is 3.08. The molecule has 8 heteroatoms. The number of sulfonamides is 1. The monoisotopic (exact) mass is 336 g/mol. The number of nitrogens with one attached hydrogen (secondary N) is 2. The largest absolute Gasteiger partial charge is 0.322 e. The molecule has 1 aliphatic rings. The summed E-state index contributed by atoms with van der Waals surface area (Å²) in [6, 6.07) is 10.3. The Hall–Kier alpha value is -2.38. The van der Waals surface area contributed by atoms with E-state index < -0.39 is 21.8 Å². The van der Waals surface area contributed by atoms with E-state index in [1.54, 1.807) is 24.3 Å². The van der Waals surface area contributed by atoms with Gasteiger partial charge in [0.2, 0.25) is 0 Å². The number of carbonyl (C=O) groups excluding carboxylic acids is 2. The lowest BCUT2D eigenvalue weighted by molar-refractivity contribution is 0.0983. The number of carbonyl (C=O) groups is 2. The van der Waals surface area contributed by atoms with Crippen LogP contribution in [-0.4, -0.2) is 20.2 Å². The van der Waals surface area contributed by atoms with Crippen molar-refractivity contribution in [1.29, 1.82) is 0 Å². The Labute approximate surface area is 131 Å². The zero-order valence-electron chi connectivity index (χ0n) is 11.0. The van der Waals surface area contributed by atoms with Gasteiger partial charge in [0.05, 0.1) is 5.56 Å². The molecule has 1 aliphatic heterocycles. The second kappa shape index (κ2) is 5.11. The molecule has 0 saturated heterocycles. The summed E-state index contributed by atoms with van der Waals surface area (Å²) in [5.74, 6) is -1.09. The molecule has 22 heavy (non-hydrogen) atoms. The Bertz CT molecular complexity index is 892. The zero-order valence-corrected chi connectivity index (χ0v) is 12.5. The second-order valence-electron chi connectivity index (χ2n) is 4.61. The van der Waals surface area contributed by atoms with Crippen LogP contribution < -0.4 is 10.0 Å². The highest BCUT2D eigenvalue weighted by atomic mass is 35.5. The summed E-state index contributed by atoms with van der Waals surface area (Å²) in [4.78, 5) is 23.4. The molecule has 3 rings (SSSR count). The van der Waals surface area contributed by atoms with Crippen LogP contribution >= 0.6 is 11.6 Å². The van der Waals surface area contributed by atoms with E-state index in [0.29, 0.717) is 10.6 Å². The molecule has 2 amide bonds. The van der Waals surface area contributed by atoms with E-state index in [1.165, 1.54) is 18.2 Å². The molecular formula is C14H9ClN2O4S. The molecule has 0 aliphatic carbocycles. The quantitative estimate of drug-likeness (QED) is 0.877. The van der Waals surface area contributed by atoms with Crippen molar-refractivity contribution in [1.82, 2.24) is 4.72 Å². The number of rotatable bonds is 2. The first kappa shape index (κ1) is 14.6. The average molecular weight is 337 g/mol. The Balaban J connectivity index is 1.90. The van der Waals surface area contributed by atoms with Crippen molar-refractivity contribution in [2.75, 3.05) is 5.32 Å². The van der Waals surface area contributed by atoms with Crippen LogP contribution in [0.15, 0.2) is 47.4 Å². The number of hydrogen-bond donors (Lipinski definition) is 2. The predicted molar refractivity (Wildman–Crippen MR) is 80.5 cm³/mol. The second-order valence-corrected chi connectivity index (χ2v) is 6.69. The van der Waals surface area contributed by atoms with E-state index >= 15 is 0 Å². The lowest BCUT2D eigenvalue weighted by Gasteiger charge is -2.06. The van der Waals surface area contributed by atoms with Crippen molar-refractivity contribution in [2.45, 2.75) is 4.90 Å². The smallest absolute Gasteiger partial charge is 0.266 e. The fourth-order valence-electron chi connectivity index (χ4n) is 2.05. The maximum absolute atomic E-state index is 12.1. The normalized spacial score (nSPS) is 15.0. The summed E-state index contributed by atoms with van der Waals surface area (Å²) in [6.07, 6.45) is 0. The number of amides is 2. The van der Waals surface area contributed by atoms with Gasteiger partial charge in [-0.3, -0.25) is 9.59 Å². The first-order valence-electron chi connectivity index (χ1n) is 6.15. The molecule has 2 aromatic carbocycles. The van der Waals surface area contributed by atoms with E-state index in [2.05, 4.69) is 5.32 Å². The third-order valence-electron chi connectivity index (χ3n) is 3.11. The summed E-state index contributed by atoms with van der Waals surface area (Å²) in [5.41, 5.74) is 0.713. The van der Waals surface area contributed by atoms with Crippen LogP contribution in [0.4, 0.5) is 5.69 Å². The van der Waals surface area contributed by atoms with E-state index in [1.807, 2.05) is 4.72 Å². The highest BCUT2D eigenvalue weighted by Crippen LogP contribution is 2.26. The zero-order chi connectivity index (χ0) is 15.9. The third-order valence-corrected chi connectivity index (χ3v) is 4.73. The van der Waals surface area contributed by atoms with Gasteiger partial charge in [0, 0.05) is 16.3 Å². The Kier molecular flexibility index (Phi) is 3.38. The van der Waals surface area contributed by atoms with E-state index in [9.17, 15) is 18.0 Å². The fraction of sp³-hybridized carbons (Fsp3) is 0. The summed E-state index contributed by atoms with van der Waals surface area (Å²) in [7, 11) is -3.85. The van der Waals surface area contributed by atoms with Gasteiger partial charge in [0.15, 0.2) is 0 Å². The van der Waals surface area contributed by atoms with Crippen molar-refractivity contribution in [2.24, 2.45) is 0 Å². The van der Waals surface area contributed by atoms with E-state index in [-0.39, 0.29) is 16.1 Å². The molecule has 2 aromatic rings. The van der Waals surface area contributed by atoms with Crippen LogP contribution in [0.1, 0.15) is 20.7 Å². The van der Waals surface area contributed by atoms with Gasteiger partial charge < -0.3 is 5.32 Å². The van der Waals surface area contributed by atoms with Crippen LogP contribution in [-0.2, 0) is 10.0 Å². The summed E-state index contributed by atoms with van der Waals surface area (Å²) < 4.78 is 25.4. The maximum atomic E-state index is 12.1. The molecule has 112 valence electrons. The van der Waals surface area contributed by atoms with Crippen molar-refractivity contribution in [3.05, 3.63) is 58.6 Å². The summed E-state index contributed by atoms with van der Waals surface area (Å²) >= 11 is 5.75. The van der Waals surface area contributed by atoms with Crippen LogP contribution in [0, 0.1) is 0 Å². The molecule has 0 aromatic heterocycles. The molecule has 0 atom stereocenters. The Morgan fingerprint density at radius 3 is 2.45 bits per heavy atom. The van der Waals surface area contributed by atoms with Crippen molar-refractivity contribution < 1.29 is 18.0 Å². The highest BCUT2D eigenvalue weighted by molar-refractivity contribution is 7.90. The van der Waals surface area contributed by atoms with E-state index in [0.717, 1.165) is 0 Å². The molecule has 0 bridgehead atoms. The average Bonchev–Trinajstić information content (AvgIpc) is 2.69. The highest BCUT2D eigenvalue weighted by Gasteiger charge is 2.32. The van der Waals surface area contributed by atoms with Gasteiger partial charge in [-0.2, -0.15) is 0 Å². The standard InChI is InChI=1S/C14H9ClN2O4S/c15-9-3-1-8(2-4-9)13(18)16-10-5-6-11-12(7-10)22(20,21)17-14(11)19/h1-7H,(H,16,18)(H,17,19). The van der Waals surface area contributed by atoms with Crippen molar-refractivity contribution >= 4 is 39.1 Å². The molecule has 0 saturated carbocycles. The van der Waals surface area contributed by atoms with Crippen LogP contribution in [0.5, 0.6) is 0 Å². The van der Waals surface area contributed by atoms with Crippen LogP contribution in [0.3, 0.4) is 0 Å². The van der Waals surface area contributed by atoms with Gasteiger partial charge in [-0.15, -0.1) is 0 Å². The maximum Gasteiger partial charge on any atom is 0.266 e. The minimum atomic E-state index is -3.85. The minimum Gasteiger partial charge on any atom is -0.322 e. The van der Waals surface area contributed by atoms with Gasteiger partial charge >= 0.3 is 0 Å². The number of halogens is 1. The molecule has 6 nitrogen and oxygen atoms in total. The lowest BCUT2D eigenvalue weighted by atomic mass is 10.1. The van der Waals surface area contributed by atoms with E-state index in [4.69, 9.17) is 11.6 Å². The van der Waals surface area contributed by atoms with Crippen molar-refractivity contribution in [3.8, 4) is 0 Å². The molecule has 0 spiro atoms.